The minimum Gasteiger partial charge on any atom is -0.326 e. The van der Waals surface area contributed by atoms with Crippen molar-refractivity contribution in [2.75, 3.05) is 0 Å². The van der Waals surface area contributed by atoms with Crippen molar-refractivity contribution in [1.82, 2.24) is 9.78 Å². The molecule has 16 heavy (non-hydrogen) atoms. The fourth-order valence-electron chi connectivity index (χ4n) is 1.42. The van der Waals surface area contributed by atoms with Gasteiger partial charge < -0.3 is 5.73 Å². The summed E-state index contributed by atoms with van der Waals surface area (Å²) in [4.78, 5) is 0. The molecule has 2 aromatic rings. The van der Waals surface area contributed by atoms with Crippen molar-refractivity contribution in [3.63, 3.8) is 0 Å². The smallest absolute Gasteiger partial charge is 0.142 e. The molecular formula is C11H11ClFN3. The lowest BCUT2D eigenvalue weighted by molar-refractivity contribution is 0.619. The van der Waals surface area contributed by atoms with Gasteiger partial charge in [0.25, 0.3) is 0 Å². The lowest BCUT2D eigenvalue weighted by atomic mass is 10.2. The Balaban J connectivity index is 2.17. The number of aromatic nitrogens is 2. The Labute approximate surface area is 97.6 Å². The molecule has 0 aliphatic carbocycles. The van der Waals surface area contributed by atoms with Crippen LogP contribution in [0.4, 0.5) is 4.39 Å². The van der Waals surface area contributed by atoms with Gasteiger partial charge in [-0.1, -0.05) is 17.7 Å². The molecule has 1 aromatic carbocycles. The average molecular weight is 240 g/mol. The maximum absolute atomic E-state index is 13.2. The Morgan fingerprint density at radius 3 is 2.81 bits per heavy atom. The van der Waals surface area contributed by atoms with Crippen LogP contribution in [0.1, 0.15) is 11.1 Å². The summed E-state index contributed by atoms with van der Waals surface area (Å²) >= 11 is 5.60. The number of nitrogens with two attached hydrogens (primary N) is 1. The molecule has 0 spiro atoms. The van der Waals surface area contributed by atoms with Crippen LogP contribution in [0, 0.1) is 5.82 Å². The molecular weight excluding hydrogens is 229 g/mol. The summed E-state index contributed by atoms with van der Waals surface area (Å²) < 4.78 is 14.9. The van der Waals surface area contributed by atoms with Crippen molar-refractivity contribution < 1.29 is 4.39 Å². The molecule has 5 heteroatoms. The number of benzene rings is 1. The molecule has 3 nitrogen and oxygen atoms in total. The minimum atomic E-state index is -0.412. The van der Waals surface area contributed by atoms with Gasteiger partial charge >= 0.3 is 0 Å². The van der Waals surface area contributed by atoms with Gasteiger partial charge in [0.1, 0.15) is 5.82 Å². The van der Waals surface area contributed by atoms with E-state index in [2.05, 4.69) is 5.10 Å². The van der Waals surface area contributed by atoms with Gasteiger partial charge in [-0.25, -0.2) is 4.39 Å². The molecule has 0 saturated heterocycles. The highest BCUT2D eigenvalue weighted by atomic mass is 35.5. The molecule has 0 bridgehead atoms. The summed E-state index contributed by atoms with van der Waals surface area (Å²) in [5.74, 6) is -0.412. The van der Waals surface area contributed by atoms with Gasteiger partial charge in [-0.15, -0.1) is 0 Å². The van der Waals surface area contributed by atoms with E-state index in [0.29, 0.717) is 13.1 Å². The molecule has 0 atom stereocenters. The lowest BCUT2D eigenvalue weighted by Crippen LogP contribution is -2.00. The van der Waals surface area contributed by atoms with Crippen LogP contribution in [0.25, 0.3) is 0 Å². The second-order valence-corrected chi connectivity index (χ2v) is 3.91. The fraction of sp³-hybridized carbons (Fsp3) is 0.182. The van der Waals surface area contributed by atoms with Crippen LogP contribution in [0.15, 0.2) is 30.6 Å². The van der Waals surface area contributed by atoms with Crippen molar-refractivity contribution in [1.29, 1.82) is 0 Å². The van der Waals surface area contributed by atoms with Crippen LogP contribution in [-0.4, -0.2) is 9.78 Å². The number of hydrogen-bond donors (Lipinski definition) is 1. The molecule has 0 saturated carbocycles. The zero-order valence-corrected chi connectivity index (χ0v) is 9.28. The van der Waals surface area contributed by atoms with E-state index in [1.807, 2.05) is 6.20 Å². The van der Waals surface area contributed by atoms with E-state index in [0.717, 1.165) is 11.1 Å². The standard InChI is InChI=1S/C11H11ClFN3/c12-10-2-1-8(3-11(10)13)6-16-7-9(4-14)5-15-16/h1-3,5,7H,4,6,14H2. The Hall–Kier alpha value is -1.39. The summed E-state index contributed by atoms with van der Waals surface area (Å²) in [6.45, 7) is 0.961. The van der Waals surface area contributed by atoms with Crippen LogP contribution in [0.5, 0.6) is 0 Å². The van der Waals surface area contributed by atoms with Gasteiger partial charge in [-0.3, -0.25) is 4.68 Å². The number of halogens is 2. The second-order valence-electron chi connectivity index (χ2n) is 3.50. The average Bonchev–Trinajstić information content (AvgIpc) is 2.71. The molecule has 2 rings (SSSR count). The topological polar surface area (TPSA) is 43.8 Å². The van der Waals surface area contributed by atoms with E-state index in [-0.39, 0.29) is 5.02 Å². The SMILES string of the molecule is NCc1cnn(Cc2ccc(Cl)c(F)c2)c1. The highest BCUT2D eigenvalue weighted by Gasteiger charge is 2.02. The van der Waals surface area contributed by atoms with E-state index in [1.54, 1.807) is 23.0 Å². The Bertz CT molecular complexity index is 496. The zero-order chi connectivity index (χ0) is 11.5. The fourth-order valence-corrected chi connectivity index (χ4v) is 1.54. The van der Waals surface area contributed by atoms with Gasteiger partial charge in [0.05, 0.1) is 17.8 Å². The molecule has 1 aromatic heterocycles. The Morgan fingerprint density at radius 2 is 2.19 bits per heavy atom. The van der Waals surface area contributed by atoms with Crippen molar-refractivity contribution in [3.8, 4) is 0 Å². The Morgan fingerprint density at radius 1 is 1.38 bits per heavy atom. The van der Waals surface area contributed by atoms with E-state index in [9.17, 15) is 4.39 Å². The quantitative estimate of drug-likeness (QED) is 0.892. The normalized spacial score (nSPS) is 10.7. The molecule has 0 amide bonds. The number of nitrogens with zero attached hydrogens (tertiary/aromatic N) is 2. The maximum Gasteiger partial charge on any atom is 0.142 e. The third-order valence-electron chi connectivity index (χ3n) is 2.25. The molecule has 0 unspecified atom stereocenters. The van der Waals surface area contributed by atoms with Crippen molar-refractivity contribution in [3.05, 3.63) is 52.6 Å². The van der Waals surface area contributed by atoms with Crippen LogP contribution in [0.3, 0.4) is 0 Å². The molecule has 84 valence electrons. The van der Waals surface area contributed by atoms with Gasteiger partial charge in [-0.05, 0) is 17.7 Å². The minimum absolute atomic E-state index is 0.131. The molecule has 0 aliphatic heterocycles. The van der Waals surface area contributed by atoms with Crippen molar-refractivity contribution in [2.45, 2.75) is 13.1 Å². The maximum atomic E-state index is 13.2. The first kappa shape index (κ1) is 11.1. The predicted molar refractivity (Wildman–Crippen MR) is 60.6 cm³/mol. The zero-order valence-electron chi connectivity index (χ0n) is 8.53. The highest BCUT2D eigenvalue weighted by molar-refractivity contribution is 6.30. The molecule has 1 heterocycles. The molecule has 0 fully saturated rings. The third-order valence-corrected chi connectivity index (χ3v) is 2.56. The van der Waals surface area contributed by atoms with Gasteiger partial charge in [-0.2, -0.15) is 5.10 Å². The largest absolute Gasteiger partial charge is 0.326 e. The molecule has 0 aliphatic rings. The van der Waals surface area contributed by atoms with Gasteiger partial charge in [0.2, 0.25) is 0 Å². The van der Waals surface area contributed by atoms with Crippen LogP contribution in [-0.2, 0) is 13.1 Å². The van der Waals surface area contributed by atoms with Crippen LogP contribution in [0.2, 0.25) is 5.02 Å². The van der Waals surface area contributed by atoms with Crippen LogP contribution >= 0.6 is 11.6 Å². The predicted octanol–water partition coefficient (Wildman–Crippen LogP) is 2.18. The van der Waals surface area contributed by atoms with E-state index in [1.165, 1.54) is 6.07 Å². The van der Waals surface area contributed by atoms with Gasteiger partial charge in [0.15, 0.2) is 0 Å². The summed E-state index contributed by atoms with van der Waals surface area (Å²) in [7, 11) is 0. The van der Waals surface area contributed by atoms with Crippen molar-refractivity contribution in [2.24, 2.45) is 5.73 Å². The molecule has 0 radical (unpaired) electrons. The lowest BCUT2D eigenvalue weighted by Gasteiger charge is -2.02. The summed E-state index contributed by atoms with van der Waals surface area (Å²) in [5.41, 5.74) is 7.24. The monoisotopic (exact) mass is 239 g/mol. The van der Waals surface area contributed by atoms with Crippen molar-refractivity contribution >= 4 is 11.6 Å². The molecule has 2 N–H and O–H groups in total. The number of hydrogen-bond acceptors (Lipinski definition) is 2. The van der Waals surface area contributed by atoms with Gasteiger partial charge in [0, 0.05) is 18.3 Å². The summed E-state index contributed by atoms with van der Waals surface area (Å²) in [5, 5.41) is 4.25. The highest BCUT2D eigenvalue weighted by Crippen LogP contribution is 2.16. The van der Waals surface area contributed by atoms with Crippen LogP contribution < -0.4 is 5.73 Å². The first-order valence-corrected chi connectivity index (χ1v) is 5.22. The first-order valence-electron chi connectivity index (χ1n) is 4.84. The van der Waals surface area contributed by atoms with E-state index >= 15 is 0 Å². The number of rotatable bonds is 3. The van der Waals surface area contributed by atoms with E-state index in [4.69, 9.17) is 17.3 Å². The summed E-state index contributed by atoms with van der Waals surface area (Å²) in [6.07, 6.45) is 3.54. The first-order chi connectivity index (χ1) is 7.69. The summed E-state index contributed by atoms with van der Waals surface area (Å²) in [6, 6.07) is 4.72. The Kier molecular flexibility index (Phi) is 3.22. The second kappa shape index (κ2) is 4.63. The third kappa shape index (κ3) is 2.40. The van der Waals surface area contributed by atoms with E-state index < -0.39 is 5.82 Å².